The smallest absolute Gasteiger partial charge is 0.233 e. The summed E-state index contributed by atoms with van der Waals surface area (Å²) >= 11 is 1.47. The van der Waals surface area contributed by atoms with Crippen molar-refractivity contribution in [3.8, 4) is 0 Å². The molecule has 0 saturated carbocycles. The van der Waals surface area contributed by atoms with Crippen molar-refractivity contribution < 1.29 is 9.90 Å². The molecule has 0 spiro atoms. The number of pyridine rings is 1. The van der Waals surface area contributed by atoms with Gasteiger partial charge in [0.15, 0.2) is 0 Å². The first kappa shape index (κ1) is 14.4. The van der Waals surface area contributed by atoms with Gasteiger partial charge in [-0.3, -0.25) is 4.79 Å². The number of rotatable bonds is 3. The number of fused-ring (bicyclic) bond motifs is 1. The molecule has 2 heterocycles. The number of hydrogen-bond donors (Lipinski definition) is 1. The lowest BCUT2D eigenvalue weighted by molar-refractivity contribution is -0.131. The molecule has 1 unspecified atom stereocenters. The van der Waals surface area contributed by atoms with Crippen molar-refractivity contribution in [1.29, 1.82) is 0 Å². The number of nitrogens with zero attached hydrogens (tertiary/aromatic N) is 2. The first-order chi connectivity index (χ1) is 10.2. The molecular formula is C16H18N2O2S. The lowest BCUT2D eigenvalue weighted by atomic mass is 10.1. The Balaban J connectivity index is 1.67. The molecule has 2 aromatic rings. The molecule has 1 aliphatic rings. The third-order valence-corrected chi connectivity index (χ3v) is 4.71. The van der Waals surface area contributed by atoms with E-state index in [2.05, 4.69) is 4.98 Å². The van der Waals surface area contributed by atoms with Crippen molar-refractivity contribution >= 4 is 28.4 Å². The van der Waals surface area contributed by atoms with Crippen LogP contribution < -0.4 is 0 Å². The molecule has 21 heavy (non-hydrogen) atoms. The van der Waals surface area contributed by atoms with Gasteiger partial charge in [0.25, 0.3) is 0 Å². The molecule has 1 aliphatic heterocycles. The number of likely N-dealkylation sites (tertiary alicyclic amines) is 1. The van der Waals surface area contributed by atoms with Crippen LogP contribution in [-0.2, 0) is 4.79 Å². The minimum atomic E-state index is -0.372. The van der Waals surface area contributed by atoms with Crippen LogP contribution in [0.15, 0.2) is 41.6 Å². The lowest BCUT2D eigenvalue weighted by Gasteiger charge is -2.30. The number of β-amino-alcohol motifs (C(OH)–C–C–N with tert-alkyl or cyclic N) is 1. The SMILES string of the molecule is O=C(CSc1nccc2ccccc12)N1CCCC(O)C1. The fraction of sp³-hybridized carbons (Fsp3) is 0.375. The molecule has 1 aromatic heterocycles. The molecule has 1 aromatic carbocycles. The second-order valence-corrected chi connectivity index (χ2v) is 6.23. The van der Waals surface area contributed by atoms with E-state index in [9.17, 15) is 9.90 Å². The van der Waals surface area contributed by atoms with Gasteiger partial charge in [-0.05, 0) is 24.3 Å². The van der Waals surface area contributed by atoms with Gasteiger partial charge in [-0.15, -0.1) is 0 Å². The van der Waals surface area contributed by atoms with Crippen LogP contribution in [0.2, 0.25) is 0 Å². The summed E-state index contributed by atoms with van der Waals surface area (Å²) in [6.45, 7) is 1.21. The van der Waals surface area contributed by atoms with Crippen LogP contribution in [0, 0.1) is 0 Å². The van der Waals surface area contributed by atoms with E-state index >= 15 is 0 Å². The average molecular weight is 302 g/mol. The van der Waals surface area contributed by atoms with Gasteiger partial charge in [0.1, 0.15) is 5.03 Å². The molecule has 0 bridgehead atoms. The fourth-order valence-electron chi connectivity index (χ4n) is 2.61. The number of piperidine rings is 1. The van der Waals surface area contributed by atoms with Gasteiger partial charge in [-0.1, -0.05) is 36.0 Å². The largest absolute Gasteiger partial charge is 0.391 e. The second-order valence-electron chi connectivity index (χ2n) is 5.26. The van der Waals surface area contributed by atoms with Gasteiger partial charge in [0.05, 0.1) is 11.9 Å². The summed E-state index contributed by atoms with van der Waals surface area (Å²) in [6, 6.07) is 10.0. The van der Waals surface area contributed by atoms with Crippen molar-refractivity contribution in [3.63, 3.8) is 0 Å². The summed E-state index contributed by atoms with van der Waals surface area (Å²) in [5.74, 6) is 0.446. The maximum Gasteiger partial charge on any atom is 0.233 e. The van der Waals surface area contributed by atoms with E-state index in [1.54, 1.807) is 11.1 Å². The number of thioether (sulfide) groups is 1. The molecule has 0 radical (unpaired) electrons. The van der Waals surface area contributed by atoms with E-state index in [1.165, 1.54) is 11.8 Å². The summed E-state index contributed by atoms with van der Waals surface area (Å²) in [5, 5.41) is 12.7. The van der Waals surface area contributed by atoms with Crippen LogP contribution in [0.1, 0.15) is 12.8 Å². The van der Waals surface area contributed by atoms with E-state index in [-0.39, 0.29) is 12.0 Å². The van der Waals surface area contributed by atoms with E-state index in [1.807, 2.05) is 30.3 Å². The number of amides is 1. The fourth-order valence-corrected chi connectivity index (χ4v) is 3.53. The van der Waals surface area contributed by atoms with Crippen molar-refractivity contribution in [2.24, 2.45) is 0 Å². The van der Waals surface area contributed by atoms with Crippen LogP contribution in [0.3, 0.4) is 0 Å². The Morgan fingerprint density at radius 3 is 3.10 bits per heavy atom. The van der Waals surface area contributed by atoms with Gasteiger partial charge in [0, 0.05) is 24.7 Å². The molecule has 1 fully saturated rings. The standard InChI is InChI=1S/C16H18N2O2S/c19-13-5-3-9-18(10-13)15(20)11-21-16-14-6-2-1-4-12(14)7-8-17-16/h1-2,4,6-8,13,19H,3,5,9-11H2. The molecule has 4 nitrogen and oxygen atoms in total. The number of aliphatic hydroxyl groups is 1. The highest BCUT2D eigenvalue weighted by Gasteiger charge is 2.22. The lowest BCUT2D eigenvalue weighted by Crippen LogP contribution is -2.42. The molecule has 1 saturated heterocycles. The molecule has 1 N–H and O–H groups in total. The van der Waals surface area contributed by atoms with Crippen molar-refractivity contribution in [3.05, 3.63) is 36.5 Å². The van der Waals surface area contributed by atoms with Crippen LogP contribution in [0.4, 0.5) is 0 Å². The highest BCUT2D eigenvalue weighted by Crippen LogP contribution is 2.25. The monoisotopic (exact) mass is 302 g/mol. The zero-order valence-corrected chi connectivity index (χ0v) is 12.6. The minimum Gasteiger partial charge on any atom is -0.391 e. The summed E-state index contributed by atoms with van der Waals surface area (Å²) in [6.07, 6.45) is 3.08. The molecule has 1 atom stereocenters. The zero-order valence-electron chi connectivity index (χ0n) is 11.7. The molecule has 1 amide bonds. The van der Waals surface area contributed by atoms with Crippen LogP contribution in [0.25, 0.3) is 10.8 Å². The molecule has 0 aliphatic carbocycles. The maximum absolute atomic E-state index is 12.2. The number of aromatic nitrogens is 1. The summed E-state index contributed by atoms with van der Waals surface area (Å²) in [4.78, 5) is 18.4. The van der Waals surface area contributed by atoms with E-state index in [4.69, 9.17) is 0 Å². The first-order valence-electron chi connectivity index (χ1n) is 7.16. The highest BCUT2D eigenvalue weighted by atomic mass is 32.2. The van der Waals surface area contributed by atoms with E-state index in [0.717, 1.165) is 35.2 Å². The summed E-state index contributed by atoms with van der Waals surface area (Å²) in [7, 11) is 0. The normalized spacial score (nSPS) is 18.9. The predicted molar refractivity (Wildman–Crippen MR) is 84.3 cm³/mol. The molecule has 3 rings (SSSR count). The van der Waals surface area contributed by atoms with Crippen LogP contribution in [-0.4, -0.2) is 45.8 Å². The number of benzene rings is 1. The van der Waals surface area contributed by atoms with Gasteiger partial charge < -0.3 is 10.0 Å². The summed E-state index contributed by atoms with van der Waals surface area (Å²) in [5.41, 5.74) is 0. The Hall–Kier alpha value is -1.59. The second kappa shape index (κ2) is 6.45. The third kappa shape index (κ3) is 3.36. The Labute approximate surface area is 128 Å². The first-order valence-corrected chi connectivity index (χ1v) is 8.15. The Bertz CT molecular complexity index is 642. The highest BCUT2D eigenvalue weighted by molar-refractivity contribution is 8.00. The molecule has 5 heteroatoms. The maximum atomic E-state index is 12.2. The topological polar surface area (TPSA) is 53.4 Å². The van der Waals surface area contributed by atoms with Gasteiger partial charge in [-0.25, -0.2) is 4.98 Å². The predicted octanol–water partition coefficient (Wildman–Crippen LogP) is 2.31. The molecule has 110 valence electrons. The number of carbonyl (C=O) groups excluding carboxylic acids is 1. The Morgan fingerprint density at radius 2 is 2.24 bits per heavy atom. The third-order valence-electron chi connectivity index (χ3n) is 3.72. The van der Waals surface area contributed by atoms with Crippen molar-refractivity contribution in [2.75, 3.05) is 18.8 Å². The molecular weight excluding hydrogens is 284 g/mol. The number of aliphatic hydroxyl groups excluding tert-OH is 1. The van der Waals surface area contributed by atoms with Crippen LogP contribution in [0.5, 0.6) is 0 Å². The van der Waals surface area contributed by atoms with Crippen molar-refractivity contribution in [1.82, 2.24) is 9.88 Å². The van der Waals surface area contributed by atoms with Gasteiger partial charge in [0.2, 0.25) is 5.91 Å². The van der Waals surface area contributed by atoms with E-state index < -0.39 is 0 Å². The van der Waals surface area contributed by atoms with Crippen molar-refractivity contribution in [2.45, 2.75) is 24.0 Å². The van der Waals surface area contributed by atoms with Crippen LogP contribution >= 0.6 is 11.8 Å². The Kier molecular flexibility index (Phi) is 4.41. The van der Waals surface area contributed by atoms with Gasteiger partial charge in [-0.2, -0.15) is 0 Å². The Morgan fingerprint density at radius 1 is 1.38 bits per heavy atom. The number of carbonyl (C=O) groups is 1. The van der Waals surface area contributed by atoms with E-state index in [0.29, 0.717) is 12.3 Å². The van der Waals surface area contributed by atoms with Gasteiger partial charge >= 0.3 is 0 Å². The summed E-state index contributed by atoms with van der Waals surface area (Å²) < 4.78 is 0. The zero-order chi connectivity index (χ0) is 14.7. The minimum absolute atomic E-state index is 0.0773. The average Bonchev–Trinajstić information content (AvgIpc) is 2.52. The quantitative estimate of drug-likeness (QED) is 0.884. The number of hydrogen-bond acceptors (Lipinski definition) is 4.